The van der Waals surface area contributed by atoms with Crippen molar-refractivity contribution in [2.75, 3.05) is 0 Å². The van der Waals surface area contributed by atoms with E-state index in [-0.39, 0.29) is 21.1 Å². The van der Waals surface area contributed by atoms with Crippen molar-refractivity contribution in [3.63, 3.8) is 0 Å². The molecule has 1 aromatic carbocycles. The zero-order chi connectivity index (χ0) is 10.3. The third-order valence-corrected chi connectivity index (χ3v) is 2.59. The minimum atomic E-state index is -1.13. The van der Waals surface area contributed by atoms with E-state index in [2.05, 4.69) is 39.2 Å². The van der Waals surface area contributed by atoms with E-state index in [1.165, 1.54) is 5.57 Å². The Morgan fingerprint density at radius 2 is 1.64 bits per heavy atom. The van der Waals surface area contributed by atoms with E-state index in [4.69, 9.17) is 0 Å². The Labute approximate surface area is 104 Å². The van der Waals surface area contributed by atoms with Gasteiger partial charge in [-0.25, -0.2) is 12.1 Å². The van der Waals surface area contributed by atoms with Gasteiger partial charge in [0.2, 0.25) is 0 Å². The van der Waals surface area contributed by atoms with Crippen LogP contribution in [-0.2, 0) is 21.1 Å². The monoisotopic (exact) mass is 387 g/mol. The fraction of sp³-hybridized carbons (Fsp3) is 0.333. The Hall–Kier alpha value is -0.00481. The van der Waals surface area contributed by atoms with Crippen LogP contribution in [0.5, 0.6) is 0 Å². The second kappa shape index (κ2) is 8.32. The van der Waals surface area contributed by atoms with Crippen LogP contribution in [0.15, 0.2) is 41.6 Å². The van der Waals surface area contributed by atoms with Crippen LogP contribution in [0.25, 0.3) is 0 Å². The van der Waals surface area contributed by atoms with Gasteiger partial charge in [-0.1, -0.05) is 26.7 Å². The van der Waals surface area contributed by atoms with Gasteiger partial charge < -0.3 is 6.55 Å². The summed E-state index contributed by atoms with van der Waals surface area (Å²) >= 11 is 0. The molecule has 0 aliphatic carbocycles. The summed E-state index contributed by atoms with van der Waals surface area (Å²) in [5.74, 6) is 0. The summed E-state index contributed by atoms with van der Waals surface area (Å²) in [6, 6.07) is 10.0. The van der Waals surface area contributed by atoms with Crippen molar-refractivity contribution in [1.29, 1.82) is 0 Å². The number of hydrogen-bond donors (Lipinski definition) is 0. The second-order valence-electron chi connectivity index (χ2n) is 4.17. The molecule has 0 atom stereocenters. The van der Waals surface area contributed by atoms with Crippen molar-refractivity contribution in [3.8, 4) is 0 Å². The van der Waals surface area contributed by atoms with Gasteiger partial charge in [-0.05, 0) is 13.8 Å². The van der Waals surface area contributed by atoms with Crippen LogP contribution in [-0.4, -0.2) is 8.07 Å². The van der Waals surface area contributed by atoms with Gasteiger partial charge in [0.05, 0.1) is 0 Å². The predicted octanol–water partition coefficient (Wildman–Crippen LogP) is 3.98. The van der Waals surface area contributed by atoms with Crippen molar-refractivity contribution >= 4 is 8.07 Å². The molecule has 2 heteroatoms. The molecule has 14 heavy (non-hydrogen) atoms. The van der Waals surface area contributed by atoms with E-state index in [1.54, 1.807) is 0 Å². The standard InChI is InChI=1S/C7H15Si.C5H5.Pt/c1-7(2)6-8(3,4)5;1-2-4-5-3-1;/h6H,3H2,1-2,4-5H3;1-5H;/q2*-1;+2. The molecule has 0 aromatic heterocycles. The first-order valence-corrected chi connectivity index (χ1v) is 7.88. The molecule has 1 rings (SSSR count). The van der Waals surface area contributed by atoms with Gasteiger partial charge in [-0.15, -0.1) is 5.70 Å². The second-order valence-corrected chi connectivity index (χ2v) is 8.44. The Balaban J connectivity index is 0. The predicted molar refractivity (Wildman–Crippen MR) is 64.3 cm³/mol. The van der Waals surface area contributed by atoms with Gasteiger partial charge >= 0.3 is 21.1 Å². The minimum absolute atomic E-state index is 0. The Bertz CT molecular complexity index is 208. The van der Waals surface area contributed by atoms with Gasteiger partial charge in [0.1, 0.15) is 0 Å². The summed E-state index contributed by atoms with van der Waals surface area (Å²) in [7, 11) is -1.13. The van der Waals surface area contributed by atoms with E-state index in [0.717, 1.165) is 0 Å². The minimum Gasteiger partial charge on any atom is -0.339 e. The molecule has 0 unspecified atom stereocenters. The average molecular weight is 387 g/mol. The number of allylic oxidation sites excluding steroid dienone is 1. The van der Waals surface area contributed by atoms with Gasteiger partial charge in [0.25, 0.3) is 0 Å². The summed E-state index contributed by atoms with van der Waals surface area (Å²) in [5.41, 5.74) is 3.70. The third-order valence-electron chi connectivity index (χ3n) is 1.23. The molecule has 0 aliphatic rings. The van der Waals surface area contributed by atoms with Crippen molar-refractivity contribution in [3.05, 3.63) is 48.2 Å². The zero-order valence-corrected chi connectivity index (χ0v) is 12.8. The molecular weight excluding hydrogens is 367 g/mol. The third kappa shape index (κ3) is 14.5. The van der Waals surface area contributed by atoms with E-state index in [0.29, 0.717) is 0 Å². The zero-order valence-electron chi connectivity index (χ0n) is 9.49. The van der Waals surface area contributed by atoms with Gasteiger partial charge in [0, 0.05) is 0 Å². The van der Waals surface area contributed by atoms with Crippen LogP contribution < -0.4 is 0 Å². The van der Waals surface area contributed by atoms with Crippen LogP contribution in [0.3, 0.4) is 0 Å². The molecule has 0 spiro atoms. The van der Waals surface area contributed by atoms with Gasteiger partial charge in [0.15, 0.2) is 0 Å². The molecule has 0 nitrogen and oxygen atoms in total. The summed E-state index contributed by atoms with van der Waals surface area (Å²) < 4.78 is 0. The quantitative estimate of drug-likeness (QED) is 0.505. The maximum atomic E-state index is 4.07. The van der Waals surface area contributed by atoms with Gasteiger partial charge in [-0.2, -0.15) is 18.2 Å². The van der Waals surface area contributed by atoms with Crippen LogP contribution >= 0.6 is 0 Å². The SMILES string of the molecule is [CH2-][Si](C)(C)C=C(C)C.[Pt+2].c1cc[cH-]c1. The Morgan fingerprint density at radius 1 is 1.21 bits per heavy atom. The van der Waals surface area contributed by atoms with Crippen LogP contribution in [0, 0.1) is 6.55 Å². The maximum Gasteiger partial charge on any atom is 2.00 e. The molecule has 0 heterocycles. The molecule has 82 valence electrons. The molecular formula is C12H20PtSi. The fourth-order valence-electron chi connectivity index (χ4n) is 1.10. The molecule has 0 saturated heterocycles. The van der Waals surface area contributed by atoms with Crippen molar-refractivity contribution in [2.24, 2.45) is 0 Å². The molecule has 0 bridgehead atoms. The molecule has 0 amide bonds. The largest absolute Gasteiger partial charge is 2.00 e. The topological polar surface area (TPSA) is 0 Å². The van der Waals surface area contributed by atoms with E-state index in [1.807, 2.05) is 30.3 Å². The first-order valence-electron chi connectivity index (χ1n) is 4.60. The molecule has 0 N–H and O–H groups in total. The first kappa shape index (κ1) is 16.4. The van der Waals surface area contributed by atoms with Crippen LogP contribution in [0.2, 0.25) is 13.1 Å². The van der Waals surface area contributed by atoms with Crippen LogP contribution in [0.4, 0.5) is 0 Å². The van der Waals surface area contributed by atoms with Gasteiger partial charge in [-0.3, -0.25) is 0 Å². The molecule has 0 radical (unpaired) electrons. The molecule has 0 fully saturated rings. The Kier molecular flexibility index (Phi) is 9.76. The summed E-state index contributed by atoms with van der Waals surface area (Å²) in [6.45, 7) is 12.8. The van der Waals surface area contributed by atoms with E-state index < -0.39 is 8.07 Å². The maximum absolute atomic E-state index is 4.07. The Morgan fingerprint density at radius 3 is 1.71 bits per heavy atom. The summed E-state index contributed by atoms with van der Waals surface area (Å²) in [4.78, 5) is 0. The number of rotatable bonds is 1. The average Bonchev–Trinajstić information content (AvgIpc) is 2.33. The molecule has 0 saturated carbocycles. The van der Waals surface area contributed by atoms with Crippen LogP contribution in [0.1, 0.15) is 13.8 Å². The number of hydrogen-bond acceptors (Lipinski definition) is 0. The first-order chi connectivity index (χ1) is 5.92. The van der Waals surface area contributed by atoms with E-state index >= 15 is 0 Å². The smallest absolute Gasteiger partial charge is 0.339 e. The van der Waals surface area contributed by atoms with Crippen molar-refractivity contribution < 1.29 is 21.1 Å². The van der Waals surface area contributed by atoms with E-state index in [9.17, 15) is 0 Å². The van der Waals surface area contributed by atoms with Crippen molar-refractivity contribution in [2.45, 2.75) is 26.9 Å². The molecule has 0 aliphatic heterocycles. The summed E-state index contributed by atoms with van der Waals surface area (Å²) in [5, 5.41) is 0. The molecule has 1 aromatic rings. The summed E-state index contributed by atoms with van der Waals surface area (Å²) in [6.07, 6.45) is 0. The normalized spacial score (nSPS) is 9.21. The fourth-order valence-corrected chi connectivity index (χ4v) is 2.67. The van der Waals surface area contributed by atoms with Crippen molar-refractivity contribution in [1.82, 2.24) is 0 Å².